The fourth-order valence-electron chi connectivity index (χ4n) is 3.82. The van der Waals surface area contributed by atoms with Gasteiger partial charge in [-0.05, 0) is 43.9 Å². The highest BCUT2D eigenvalue weighted by Crippen LogP contribution is 2.35. The lowest BCUT2D eigenvalue weighted by atomic mass is 9.92. The number of pyridine rings is 1. The van der Waals surface area contributed by atoms with Gasteiger partial charge in [0.25, 0.3) is 0 Å². The van der Waals surface area contributed by atoms with Gasteiger partial charge < -0.3 is 9.80 Å². The van der Waals surface area contributed by atoms with Crippen LogP contribution in [-0.4, -0.2) is 40.6 Å². The third-order valence-corrected chi connectivity index (χ3v) is 5.10. The van der Waals surface area contributed by atoms with Crippen LogP contribution in [-0.2, 0) is 0 Å². The molecule has 2 aliphatic heterocycles. The maximum absolute atomic E-state index is 8.94. The van der Waals surface area contributed by atoms with Crippen molar-refractivity contribution in [1.29, 1.82) is 5.26 Å². The summed E-state index contributed by atoms with van der Waals surface area (Å²) in [7, 11) is 0. The average molecular weight is 320 g/mol. The first-order chi connectivity index (χ1) is 11.7. The second kappa shape index (κ2) is 6.08. The van der Waals surface area contributed by atoms with Crippen LogP contribution in [0.5, 0.6) is 0 Å². The molecule has 2 unspecified atom stereocenters. The molecule has 6 heteroatoms. The molecule has 2 fully saturated rings. The molecule has 24 heavy (non-hydrogen) atoms. The number of aryl methyl sites for hydroxylation is 1. The third kappa shape index (κ3) is 2.67. The van der Waals surface area contributed by atoms with E-state index in [1.165, 1.54) is 6.42 Å². The van der Waals surface area contributed by atoms with E-state index in [4.69, 9.17) is 5.26 Å². The predicted octanol–water partition coefficient (Wildman–Crippen LogP) is 2.16. The first-order valence-corrected chi connectivity index (χ1v) is 8.42. The molecular weight excluding hydrogens is 300 g/mol. The van der Waals surface area contributed by atoms with Crippen LogP contribution in [0.3, 0.4) is 0 Å². The number of hydrogen-bond donors (Lipinski definition) is 0. The number of piperidine rings is 1. The number of hydrogen-bond acceptors (Lipinski definition) is 6. The van der Waals surface area contributed by atoms with Crippen molar-refractivity contribution in [2.75, 3.05) is 29.4 Å². The quantitative estimate of drug-likeness (QED) is 0.844. The zero-order valence-corrected chi connectivity index (χ0v) is 13.8. The summed E-state index contributed by atoms with van der Waals surface area (Å²) < 4.78 is 0. The van der Waals surface area contributed by atoms with Gasteiger partial charge in [-0.25, -0.2) is 15.0 Å². The molecule has 6 nitrogen and oxygen atoms in total. The van der Waals surface area contributed by atoms with Crippen molar-refractivity contribution in [3.63, 3.8) is 0 Å². The topological polar surface area (TPSA) is 68.9 Å². The van der Waals surface area contributed by atoms with E-state index in [0.29, 0.717) is 17.5 Å². The van der Waals surface area contributed by atoms with Gasteiger partial charge in [-0.15, -0.1) is 0 Å². The van der Waals surface area contributed by atoms with E-state index in [1.54, 1.807) is 6.20 Å². The van der Waals surface area contributed by atoms with E-state index in [-0.39, 0.29) is 0 Å². The van der Waals surface area contributed by atoms with Gasteiger partial charge in [0.15, 0.2) is 0 Å². The highest BCUT2D eigenvalue weighted by Gasteiger charge is 2.39. The largest absolute Gasteiger partial charge is 0.352 e. The number of aromatic nitrogens is 3. The predicted molar refractivity (Wildman–Crippen MR) is 91.8 cm³/mol. The molecule has 0 N–H and O–H groups in total. The summed E-state index contributed by atoms with van der Waals surface area (Å²) in [5.74, 6) is 2.49. The van der Waals surface area contributed by atoms with Crippen LogP contribution in [0.25, 0.3) is 0 Å². The van der Waals surface area contributed by atoms with E-state index >= 15 is 0 Å². The zero-order chi connectivity index (χ0) is 16.5. The molecule has 122 valence electrons. The van der Waals surface area contributed by atoms with E-state index in [0.717, 1.165) is 43.5 Å². The number of rotatable bonds is 2. The van der Waals surface area contributed by atoms with Gasteiger partial charge in [0.1, 0.15) is 11.9 Å². The van der Waals surface area contributed by atoms with Crippen LogP contribution in [0.4, 0.5) is 11.8 Å². The molecular formula is C18H20N6. The van der Waals surface area contributed by atoms with Crippen LogP contribution in [0.2, 0.25) is 0 Å². The highest BCUT2D eigenvalue weighted by molar-refractivity contribution is 5.46. The molecule has 4 rings (SSSR count). The molecule has 2 aromatic heterocycles. The first kappa shape index (κ1) is 14.9. The van der Waals surface area contributed by atoms with Gasteiger partial charge in [-0.2, -0.15) is 5.26 Å². The Bertz CT molecular complexity index is 766. The third-order valence-electron chi connectivity index (χ3n) is 5.10. The van der Waals surface area contributed by atoms with Crippen LogP contribution in [0, 0.1) is 24.2 Å². The molecule has 0 amide bonds. The molecule has 0 aliphatic carbocycles. The van der Waals surface area contributed by atoms with Crippen molar-refractivity contribution in [3.8, 4) is 6.07 Å². The molecule has 0 bridgehead atoms. The van der Waals surface area contributed by atoms with Crippen molar-refractivity contribution >= 4 is 11.8 Å². The summed E-state index contributed by atoms with van der Waals surface area (Å²) in [5.41, 5.74) is 1.60. The van der Waals surface area contributed by atoms with Crippen LogP contribution in [0.15, 0.2) is 30.6 Å². The number of nitriles is 1. The van der Waals surface area contributed by atoms with Crippen molar-refractivity contribution in [3.05, 3.63) is 41.9 Å². The maximum atomic E-state index is 8.94. The Morgan fingerprint density at radius 1 is 1.17 bits per heavy atom. The van der Waals surface area contributed by atoms with Crippen LogP contribution in [0.1, 0.15) is 24.1 Å². The Morgan fingerprint density at radius 3 is 2.79 bits per heavy atom. The monoisotopic (exact) mass is 320 g/mol. The lowest BCUT2D eigenvalue weighted by molar-refractivity contribution is 0.386. The molecule has 2 aliphatic rings. The van der Waals surface area contributed by atoms with E-state index in [2.05, 4.69) is 30.8 Å². The van der Waals surface area contributed by atoms with Crippen molar-refractivity contribution < 1.29 is 0 Å². The Morgan fingerprint density at radius 2 is 2.04 bits per heavy atom. The standard InChI is InChI=1S/C18H20N6/c1-13-4-7-20-18(22-13)23-8-5-15-6-9-24(16(15)12-23)17-3-2-14(10-19)11-21-17/h2-4,7,11,15-16H,5-6,8-9,12H2,1H3. The second-order valence-corrected chi connectivity index (χ2v) is 6.56. The van der Waals surface area contributed by atoms with E-state index < -0.39 is 0 Å². The van der Waals surface area contributed by atoms with Crippen LogP contribution >= 0.6 is 0 Å². The van der Waals surface area contributed by atoms with E-state index in [9.17, 15) is 0 Å². The summed E-state index contributed by atoms with van der Waals surface area (Å²) in [4.78, 5) is 18.2. The fraction of sp³-hybridized carbons (Fsp3) is 0.444. The fourth-order valence-corrected chi connectivity index (χ4v) is 3.82. The van der Waals surface area contributed by atoms with Gasteiger partial charge in [0, 0.05) is 37.7 Å². The zero-order valence-electron chi connectivity index (χ0n) is 13.8. The maximum Gasteiger partial charge on any atom is 0.225 e. The lowest BCUT2D eigenvalue weighted by Crippen LogP contribution is -2.49. The van der Waals surface area contributed by atoms with Gasteiger partial charge in [0.2, 0.25) is 5.95 Å². The highest BCUT2D eigenvalue weighted by atomic mass is 15.3. The Balaban J connectivity index is 1.55. The Kier molecular flexibility index (Phi) is 3.77. The average Bonchev–Trinajstić information content (AvgIpc) is 3.05. The Labute approximate surface area is 141 Å². The van der Waals surface area contributed by atoms with Crippen molar-refractivity contribution in [2.45, 2.75) is 25.8 Å². The van der Waals surface area contributed by atoms with Gasteiger partial charge in [-0.1, -0.05) is 0 Å². The lowest BCUT2D eigenvalue weighted by Gasteiger charge is -2.38. The minimum atomic E-state index is 0.434. The summed E-state index contributed by atoms with van der Waals surface area (Å²) in [6.45, 7) is 4.96. The first-order valence-electron chi connectivity index (χ1n) is 8.42. The molecule has 4 heterocycles. The summed E-state index contributed by atoms with van der Waals surface area (Å²) >= 11 is 0. The summed E-state index contributed by atoms with van der Waals surface area (Å²) in [5, 5.41) is 8.94. The van der Waals surface area contributed by atoms with Crippen molar-refractivity contribution in [1.82, 2.24) is 15.0 Å². The molecule has 0 radical (unpaired) electrons. The number of anilines is 2. The second-order valence-electron chi connectivity index (χ2n) is 6.56. The molecule has 0 saturated carbocycles. The smallest absolute Gasteiger partial charge is 0.225 e. The van der Waals surface area contributed by atoms with Gasteiger partial charge in [-0.3, -0.25) is 0 Å². The number of fused-ring (bicyclic) bond motifs is 1. The minimum absolute atomic E-state index is 0.434. The molecule has 2 atom stereocenters. The van der Waals surface area contributed by atoms with Gasteiger partial charge in [0.05, 0.1) is 11.6 Å². The molecule has 2 aromatic rings. The SMILES string of the molecule is Cc1ccnc(N2CCC3CCN(c4ccc(C#N)cn4)C3C2)n1. The molecule has 0 aromatic carbocycles. The number of nitrogens with zero attached hydrogens (tertiary/aromatic N) is 6. The van der Waals surface area contributed by atoms with Crippen LogP contribution < -0.4 is 9.80 Å². The minimum Gasteiger partial charge on any atom is -0.352 e. The molecule has 2 saturated heterocycles. The van der Waals surface area contributed by atoms with E-state index in [1.807, 2.05) is 31.3 Å². The normalized spacial score (nSPS) is 23.0. The van der Waals surface area contributed by atoms with Gasteiger partial charge >= 0.3 is 0 Å². The Hall–Kier alpha value is -2.68. The summed E-state index contributed by atoms with van der Waals surface area (Å²) in [6.07, 6.45) is 5.86. The summed E-state index contributed by atoms with van der Waals surface area (Å²) in [6, 6.07) is 8.30. The molecule has 0 spiro atoms. The van der Waals surface area contributed by atoms with Crippen molar-refractivity contribution in [2.24, 2.45) is 5.92 Å².